The molecule has 3 rings (SSSR count). The van der Waals surface area contributed by atoms with Gasteiger partial charge in [-0.1, -0.05) is 22.9 Å². The first-order valence-corrected chi connectivity index (χ1v) is 6.90. The number of carbonyl (C=O) groups is 1. The van der Waals surface area contributed by atoms with Gasteiger partial charge in [0.1, 0.15) is 0 Å². The Morgan fingerprint density at radius 3 is 2.27 bits per heavy atom. The van der Waals surface area contributed by atoms with E-state index < -0.39 is 0 Å². The number of amides is 1. The minimum absolute atomic E-state index is 0.138. The molecule has 1 amide bonds. The van der Waals surface area contributed by atoms with Crippen LogP contribution in [-0.4, -0.2) is 16.0 Å². The van der Waals surface area contributed by atoms with Gasteiger partial charge < -0.3 is 9.84 Å². The summed E-state index contributed by atoms with van der Waals surface area (Å²) in [6, 6.07) is 14.7. The Morgan fingerprint density at radius 2 is 1.68 bits per heavy atom. The fraction of sp³-hybridized carbons (Fsp3) is 0.118. The summed E-state index contributed by atoms with van der Waals surface area (Å²) in [5, 5.41) is 6.61. The number of hydrogen-bond donors (Lipinski definition) is 1. The third kappa shape index (κ3) is 3.03. The van der Waals surface area contributed by atoms with E-state index in [1.165, 1.54) is 0 Å². The van der Waals surface area contributed by atoms with Crippen molar-refractivity contribution in [2.24, 2.45) is 0 Å². The number of nitrogens with zero attached hydrogens (tertiary/aromatic N) is 2. The van der Waals surface area contributed by atoms with Gasteiger partial charge in [-0.15, -0.1) is 0 Å². The summed E-state index contributed by atoms with van der Waals surface area (Å²) < 4.78 is 5.10. The first-order valence-electron chi connectivity index (χ1n) is 6.90. The first kappa shape index (κ1) is 14.0. The van der Waals surface area contributed by atoms with Crippen LogP contribution in [0.2, 0.25) is 0 Å². The highest BCUT2D eigenvalue weighted by molar-refractivity contribution is 6.04. The molecule has 2 aromatic carbocycles. The molecule has 0 saturated heterocycles. The van der Waals surface area contributed by atoms with Crippen molar-refractivity contribution < 1.29 is 9.32 Å². The van der Waals surface area contributed by atoms with E-state index in [0.29, 0.717) is 23.0 Å². The molecule has 0 spiro atoms. The monoisotopic (exact) mass is 293 g/mol. The molecule has 110 valence electrons. The molecule has 0 saturated carbocycles. The number of hydrogen-bond acceptors (Lipinski definition) is 4. The second-order valence-corrected chi connectivity index (χ2v) is 5.04. The van der Waals surface area contributed by atoms with Crippen LogP contribution in [0.15, 0.2) is 53.1 Å². The summed E-state index contributed by atoms with van der Waals surface area (Å²) in [5.74, 6) is 0.919. The lowest BCUT2D eigenvalue weighted by Crippen LogP contribution is -2.11. The molecular formula is C17H15N3O2. The number of aromatic nitrogens is 2. The molecule has 0 radical (unpaired) electrons. The Labute approximate surface area is 128 Å². The molecule has 1 aromatic heterocycles. The van der Waals surface area contributed by atoms with Crippen LogP contribution in [0.5, 0.6) is 0 Å². The molecule has 0 aliphatic rings. The standard InChI is InChI=1S/C17H15N3O2/c1-11-3-5-13(6-4-11)16(21)19-15-9-7-14(8-10-15)17-18-12(2)20-22-17/h3-10H,1-2H3,(H,19,21). The Balaban J connectivity index is 1.73. The van der Waals surface area contributed by atoms with Gasteiger partial charge in [0, 0.05) is 16.8 Å². The molecule has 0 atom stereocenters. The quantitative estimate of drug-likeness (QED) is 0.801. The van der Waals surface area contributed by atoms with Gasteiger partial charge in [-0.3, -0.25) is 4.79 Å². The highest BCUT2D eigenvalue weighted by Gasteiger charge is 2.08. The minimum Gasteiger partial charge on any atom is -0.334 e. The number of benzene rings is 2. The average Bonchev–Trinajstić information content (AvgIpc) is 2.95. The van der Waals surface area contributed by atoms with E-state index in [1.807, 2.05) is 31.2 Å². The highest BCUT2D eigenvalue weighted by Crippen LogP contribution is 2.20. The van der Waals surface area contributed by atoms with Gasteiger partial charge in [0.15, 0.2) is 5.82 Å². The van der Waals surface area contributed by atoms with Crippen molar-refractivity contribution in [2.75, 3.05) is 5.32 Å². The first-order chi connectivity index (χ1) is 10.6. The second-order valence-electron chi connectivity index (χ2n) is 5.04. The van der Waals surface area contributed by atoms with Gasteiger partial charge in [-0.05, 0) is 50.2 Å². The van der Waals surface area contributed by atoms with E-state index in [1.54, 1.807) is 31.2 Å². The van der Waals surface area contributed by atoms with E-state index in [2.05, 4.69) is 15.5 Å². The zero-order chi connectivity index (χ0) is 15.5. The predicted octanol–water partition coefficient (Wildman–Crippen LogP) is 3.61. The van der Waals surface area contributed by atoms with Crippen LogP contribution in [0.3, 0.4) is 0 Å². The minimum atomic E-state index is -0.138. The molecule has 0 bridgehead atoms. The zero-order valence-electron chi connectivity index (χ0n) is 12.3. The van der Waals surface area contributed by atoms with Crippen molar-refractivity contribution in [1.82, 2.24) is 10.1 Å². The van der Waals surface area contributed by atoms with Crippen molar-refractivity contribution in [3.8, 4) is 11.5 Å². The molecule has 3 aromatic rings. The van der Waals surface area contributed by atoms with Crippen molar-refractivity contribution in [2.45, 2.75) is 13.8 Å². The number of nitrogens with one attached hydrogen (secondary N) is 1. The zero-order valence-corrected chi connectivity index (χ0v) is 12.3. The molecule has 0 aliphatic carbocycles. The lowest BCUT2D eigenvalue weighted by Gasteiger charge is -2.06. The van der Waals surface area contributed by atoms with Crippen LogP contribution in [0.25, 0.3) is 11.5 Å². The van der Waals surface area contributed by atoms with Crippen LogP contribution >= 0.6 is 0 Å². The number of rotatable bonds is 3. The van der Waals surface area contributed by atoms with Crippen LogP contribution in [-0.2, 0) is 0 Å². The molecule has 0 aliphatic heterocycles. The third-order valence-electron chi connectivity index (χ3n) is 3.23. The SMILES string of the molecule is Cc1ccc(C(=O)Nc2ccc(-c3nc(C)no3)cc2)cc1. The van der Waals surface area contributed by atoms with Crippen LogP contribution in [0.1, 0.15) is 21.7 Å². The van der Waals surface area contributed by atoms with Crippen LogP contribution in [0.4, 0.5) is 5.69 Å². The Hall–Kier alpha value is -2.95. The summed E-state index contributed by atoms with van der Waals surface area (Å²) in [6.45, 7) is 3.75. The molecule has 5 heteroatoms. The number of aryl methyl sites for hydroxylation is 2. The Bertz CT molecular complexity index is 790. The van der Waals surface area contributed by atoms with E-state index >= 15 is 0 Å². The molecule has 5 nitrogen and oxygen atoms in total. The average molecular weight is 293 g/mol. The highest BCUT2D eigenvalue weighted by atomic mass is 16.5. The van der Waals surface area contributed by atoms with Gasteiger partial charge in [-0.2, -0.15) is 4.98 Å². The fourth-order valence-electron chi connectivity index (χ4n) is 2.02. The Kier molecular flexibility index (Phi) is 3.70. The molecule has 1 heterocycles. The van der Waals surface area contributed by atoms with E-state index in [-0.39, 0.29) is 5.91 Å². The summed E-state index contributed by atoms with van der Waals surface area (Å²) in [5.41, 5.74) is 3.28. The maximum absolute atomic E-state index is 12.1. The number of carbonyl (C=O) groups excluding carboxylic acids is 1. The van der Waals surface area contributed by atoms with Gasteiger partial charge >= 0.3 is 0 Å². The van der Waals surface area contributed by atoms with Gasteiger partial charge in [0.2, 0.25) is 0 Å². The van der Waals surface area contributed by atoms with Crippen LogP contribution in [0, 0.1) is 13.8 Å². The van der Waals surface area contributed by atoms with E-state index in [4.69, 9.17) is 4.52 Å². The molecule has 22 heavy (non-hydrogen) atoms. The normalized spacial score (nSPS) is 10.5. The van der Waals surface area contributed by atoms with Gasteiger partial charge in [0.05, 0.1) is 0 Å². The molecule has 0 fully saturated rings. The smallest absolute Gasteiger partial charge is 0.257 e. The number of anilines is 1. The van der Waals surface area contributed by atoms with Crippen LogP contribution < -0.4 is 5.32 Å². The fourth-order valence-corrected chi connectivity index (χ4v) is 2.02. The topological polar surface area (TPSA) is 68.0 Å². The van der Waals surface area contributed by atoms with Gasteiger partial charge in [0.25, 0.3) is 11.8 Å². The maximum atomic E-state index is 12.1. The Morgan fingerprint density at radius 1 is 1.00 bits per heavy atom. The van der Waals surface area contributed by atoms with E-state index in [9.17, 15) is 4.79 Å². The lowest BCUT2D eigenvalue weighted by molar-refractivity contribution is 0.102. The molecule has 0 unspecified atom stereocenters. The summed E-state index contributed by atoms with van der Waals surface area (Å²) in [7, 11) is 0. The summed E-state index contributed by atoms with van der Waals surface area (Å²) >= 11 is 0. The summed E-state index contributed by atoms with van der Waals surface area (Å²) in [6.07, 6.45) is 0. The predicted molar refractivity (Wildman–Crippen MR) is 83.6 cm³/mol. The molecular weight excluding hydrogens is 278 g/mol. The second kappa shape index (κ2) is 5.81. The van der Waals surface area contributed by atoms with E-state index in [0.717, 1.165) is 11.1 Å². The van der Waals surface area contributed by atoms with Crippen molar-refractivity contribution >= 4 is 11.6 Å². The maximum Gasteiger partial charge on any atom is 0.257 e. The lowest BCUT2D eigenvalue weighted by atomic mass is 10.1. The van der Waals surface area contributed by atoms with Crippen molar-refractivity contribution in [3.63, 3.8) is 0 Å². The van der Waals surface area contributed by atoms with Crippen molar-refractivity contribution in [1.29, 1.82) is 0 Å². The third-order valence-corrected chi connectivity index (χ3v) is 3.23. The molecule has 1 N–H and O–H groups in total. The van der Waals surface area contributed by atoms with Gasteiger partial charge in [-0.25, -0.2) is 0 Å². The van der Waals surface area contributed by atoms with Crippen molar-refractivity contribution in [3.05, 3.63) is 65.5 Å². The largest absolute Gasteiger partial charge is 0.334 e. The summed E-state index contributed by atoms with van der Waals surface area (Å²) in [4.78, 5) is 16.3.